The number of ether oxygens (including phenoxy) is 2. The fourth-order valence-electron chi connectivity index (χ4n) is 2.94. The monoisotopic (exact) mass is 281 g/mol. The predicted octanol–water partition coefficient (Wildman–Crippen LogP) is 2.92. The summed E-state index contributed by atoms with van der Waals surface area (Å²) in [6.07, 6.45) is 0.391. The largest absolute Gasteiger partial charge is 0.458 e. The molecule has 2 heterocycles. The van der Waals surface area contributed by atoms with Crippen LogP contribution in [0, 0.1) is 0 Å². The van der Waals surface area contributed by atoms with Gasteiger partial charge in [0, 0.05) is 18.9 Å². The van der Waals surface area contributed by atoms with Crippen LogP contribution in [0.3, 0.4) is 0 Å². The molecule has 1 saturated heterocycles. The van der Waals surface area contributed by atoms with Crippen LogP contribution in [0.1, 0.15) is 31.9 Å². The molecule has 1 aromatic rings. The van der Waals surface area contributed by atoms with Gasteiger partial charge in [-0.3, -0.25) is 4.79 Å². The average molecular weight is 282 g/mol. The molecule has 1 aromatic carbocycles. The first-order valence-electron chi connectivity index (χ1n) is 6.44. The summed E-state index contributed by atoms with van der Waals surface area (Å²) < 4.78 is 11.4. The SMILES string of the molecule is CC(=O)O[C@H]1[C@H](C)O[C@@H]2C[C@H]1Nc1c(Cl)cccc12. The lowest BCUT2D eigenvalue weighted by atomic mass is 9.87. The maximum Gasteiger partial charge on any atom is 0.303 e. The van der Waals surface area contributed by atoms with E-state index in [9.17, 15) is 4.79 Å². The summed E-state index contributed by atoms with van der Waals surface area (Å²) in [5, 5.41) is 4.07. The lowest BCUT2D eigenvalue weighted by Crippen LogP contribution is -2.52. The Morgan fingerprint density at radius 3 is 3.05 bits per heavy atom. The molecule has 4 nitrogen and oxygen atoms in total. The Hall–Kier alpha value is -1.26. The number of hydrogen-bond acceptors (Lipinski definition) is 4. The van der Waals surface area contributed by atoms with Crippen molar-refractivity contribution in [3.8, 4) is 0 Å². The summed E-state index contributed by atoms with van der Waals surface area (Å²) in [6, 6.07) is 5.84. The van der Waals surface area contributed by atoms with Gasteiger partial charge in [-0.2, -0.15) is 0 Å². The molecule has 5 heteroatoms. The predicted molar refractivity (Wildman–Crippen MR) is 72.3 cm³/mol. The second kappa shape index (κ2) is 4.69. The van der Waals surface area contributed by atoms with Crippen molar-refractivity contribution in [2.75, 3.05) is 5.32 Å². The molecule has 2 aliphatic heterocycles. The van der Waals surface area contributed by atoms with Crippen molar-refractivity contribution in [1.82, 2.24) is 0 Å². The van der Waals surface area contributed by atoms with Gasteiger partial charge in [0.15, 0.2) is 0 Å². The third-order valence-electron chi connectivity index (χ3n) is 3.73. The molecule has 19 heavy (non-hydrogen) atoms. The van der Waals surface area contributed by atoms with E-state index in [4.69, 9.17) is 21.1 Å². The van der Waals surface area contributed by atoms with Gasteiger partial charge < -0.3 is 14.8 Å². The molecule has 1 fully saturated rings. The normalized spacial score (nSPS) is 32.2. The van der Waals surface area contributed by atoms with Crippen molar-refractivity contribution < 1.29 is 14.3 Å². The van der Waals surface area contributed by atoms with Crippen LogP contribution in [0.2, 0.25) is 5.02 Å². The zero-order valence-electron chi connectivity index (χ0n) is 10.9. The van der Waals surface area contributed by atoms with E-state index in [0.29, 0.717) is 5.02 Å². The van der Waals surface area contributed by atoms with Crippen LogP contribution in [0.15, 0.2) is 18.2 Å². The van der Waals surface area contributed by atoms with E-state index in [1.54, 1.807) is 0 Å². The number of para-hydroxylation sites is 1. The summed E-state index contributed by atoms with van der Waals surface area (Å²) in [5.74, 6) is -0.286. The van der Waals surface area contributed by atoms with E-state index in [1.165, 1.54) is 6.92 Å². The fraction of sp³-hybridized carbons (Fsp3) is 0.500. The third-order valence-corrected chi connectivity index (χ3v) is 4.05. The van der Waals surface area contributed by atoms with Crippen LogP contribution in [0.4, 0.5) is 5.69 Å². The van der Waals surface area contributed by atoms with Gasteiger partial charge in [0.2, 0.25) is 0 Å². The summed E-state index contributed by atoms with van der Waals surface area (Å²) >= 11 is 6.22. The smallest absolute Gasteiger partial charge is 0.303 e. The molecule has 0 amide bonds. The Bertz CT molecular complexity index is 519. The van der Waals surface area contributed by atoms with Crippen LogP contribution < -0.4 is 5.32 Å². The Balaban J connectivity index is 1.94. The topological polar surface area (TPSA) is 47.6 Å². The van der Waals surface area contributed by atoms with Gasteiger partial charge in [-0.05, 0) is 13.0 Å². The van der Waals surface area contributed by atoms with Crippen LogP contribution in [0.25, 0.3) is 0 Å². The van der Waals surface area contributed by atoms with Gasteiger partial charge in [-0.25, -0.2) is 0 Å². The van der Waals surface area contributed by atoms with E-state index < -0.39 is 0 Å². The lowest BCUT2D eigenvalue weighted by molar-refractivity contribution is -0.170. The maximum atomic E-state index is 11.2. The molecule has 0 saturated carbocycles. The van der Waals surface area contributed by atoms with E-state index in [-0.39, 0.29) is 30.3 Å². The highest BCUT2D eigenvalue weighted by atomic mass is 35.5. The van der Waals surface area contributed by atoms with E-state index in [1.807, 2.05) is 25.1 Å². The molecule has 1 N–H and O–H groups in total. The summed E-state index contributed by atoms with van der Waals surface area (Å²) in [5.41, 5.74) is 1.98. The van der Waals surface area contributed by atoms with Crippen molar-refractivity contribution in [2.24, 2.45) is 0 Å². The zero-order chi connectivity index (χ0) is 13.6. The van der Waals surface area contributed by atoms with Crippen molar-refractivity contribution in [1.29, 1.82) is 0 Å². The quantitative estimate of drug-likeness (QED) is 0.804. The average Bonchev–Trinajstić information content (AvgIpc) is 2.35. The third kappa shape index (κ3) is 2.19. The zero-order valence-corrected chi connectivity index (χ0v) is 11.6. The number of fused-ring (bicyclic) bond motifs is 4. The first kappa shape index (κ1) is 12.8. The standard InChI is InChI=1S/C14H16ClNO3/c1-7-14(19-8(2)17)11-6-12(18-7)9-4-3-5-10(15)13(9)16-11/h3-5,7,11-12,14,16H,6H2,1-2H3/t7-,11+,12+,14-/m0/s1. The van der Waals surface area contributed by atoms with Gasteiger partial charge in [0.25, 0.3) is 0 Å². The molecule has 0 aliphatic carbocycles. The number of esters is 1. The number of anilines is 1. The molecular formula is C14H16ClNO3. The number of hydrogen-bond donors (Lipinski definition) is 1. The minimum atomic E-state index is -0.286. The number of carbonyl (C=O) groups is 1. The molecule has 102 valence electrons. The Morgan fingerprint density at radius 1 is 1.53 bits per heavy atom. The number of carbonyl (C=O) groups excluding carboxylic acids is 1. The summed E-state index contributed by atoms with van der Waals surface area (Å²) in [7, 11) is 0. The molecule has 4 atom stereocenters. The van der Waals surface area contributed by atoms with Crippen LogP contribution >= 0.6 is 11.6 Å². The maximum absolute atomic E-state index is 11.2. The summed E-state index contributed by atoms with van der Waals surface area (Å²) in [4.78, 5) is 11.2. The number of nitrogens with one attached hydrogen (secondary N) is 1. The highest BCUT2D eigenvalue weighted by Gasteiger charge is 2.43. The number of benzene rings is 1. The Morgan fingerprint density at radius 2 is 2.32 bits per heavy atom. The number of halogens is 1. The van der Waals surface area contributed by atoms with Crippen molar-refractivity contribution >= 4 is 23.3 Å². The first-order valence-corrected chi connectivity index (χ1v) is 6.81. The molecular weight excluding hydrogens is 266 g/mol. The van der Waals surface area contributed by atoms with Crippen molar-refractivity contribution in [3.05, 3.63) is 28.8 Å². The molecule has 0 aromatic heterocycles. The van der Waals surface area contributed by atoms with Crippen LogP contribution in [0.5, 0.6) is 0 Å². The molecule has 0 radical (unpaired) electrons. The van der Waals surface area contributed by atoms with E-state index in [0.717, 1.165) is 17.7 Å². The Labute approximate surface area is 117 Å². The minimum absolute atomic E-state index is 0.0155. The first-order chi connectivity index (χ1) is 9.06. The molecule has 0 unspecified atom stereocenters. The fourth-order valence-corrected chi connectivity index (χ4v) is 3.18. The molecule has 2 aliphatic rings. The van der Waals surface area contributed by atoms with E-state index >= 15 is 0 Å². The van der Waals surface area contributed by atoms with Gasteiger partial charge in [0.05, 0.1) is 29.0 Å². The highest BCUT2D eigenvalue weighted by molar-refractivity contribution is 6.33. The summed E-state index contributed by atoms with van der Waals surface area (Å²) in [6.45, 7) is 3.35. The van der Waals surface area contributed by atoms with Gasteiger partial charge in [0.1, 0.15) is 6.10 Å². The van der Waals surface area contributed by atoms with Gasteiger partial charge >= 0.3 is 5.97 Å². The second-order valence-electron chi connectivity index (χ2n) is 5.09. The van der Waals surface area contributed by atoms with Crippen molar-refractivity contribution in [3.63, 3.8) is 0 Å². The van der Waals surface area contributed by atoms with Crippen LogP contribution in [-0.4, -0.2) is 24.2 Å². The van der Waals surface area contributed by atoms with Gasteiger partial charge in [-0.1, -0.05) is 23.7 Å². The van der Waals surface area contributed by atoms with E-state index in [2.05, 4.69) is 5.32 Å². The molecule has 2 bridgehead atoms. The van der Waals surface area contributed by atoms with Gasteiger partial charge in [-0.15, -0.1) is 0 Å². The lowest BCUT2D eigenvalue weighted by Gasteiger charge is -2.45. The Kier molecular flexibility index (Phi) is 3.15. The second-order valence-corrected chi connectivity index (χ2v) is 5.50. The van der Waals surface area contributed by atoms with Crippen molar-refractivity contribution in [2.45, 2.75) is 44.6 Å². The number of rotatable bonds is 1. The van der Waals surface area contributed by atoms with Crippen LogP contribution in [-0.2, 0) is 14.3 Å². The molecule has 3 rings (SSSR count). The highest BCUT2D eigenvalue weighted by Crippen LogP contribution is 2.44. The minimum Gasteiger partial charge on any atom is -0.458 e. The molecule has 0 spiro atoms.